The highest BCUT2D eigenvalue weighted by molar-refractivity contribution is 5.48. The minimum Gasteiger partial charge on any atom is -0.384 e. The molecule has 1 aromatic rings. The van der Waals surface area contributed by atoms with Crippen LogP contribution in [-0.2, 0) is 6.42 Å². The maximum absolute atomic E-state index is 3.52. The second-order valence-corrected chi connectivity index (χ2v) is 5.64. The minimum atomic E-state index is 0.737. The molecule has 0 aliphatic rings. The molecule has 0 saturated heterocycles. The first-order valence-corrected chi connectivity index (χ1v) is 7.04. The summed E-state index contributed by atoms with van der Waals surface area (Å²) in [5.74, 6) is 0.737. The Bertz CT molecular complexity index is 358. The molecular weight excluding hydrogens is 220 g/mol. The zero-order valence-corrected chi connectivity index (χ0v) is 12.6. The minimum absolute atomic E-state index is 0.737. The lowest BCUT2D eigenvalue weighted by atomic mass is 10.1. The lowest BCUT2D eigenvalue weighted by Crippen LogP contribution is -2.28. The molecule has 0 aliphatic heterocycles. The van der Waals surface area contributed by atoms with Gasteiger partial charge in [0, 0.05) is 25.3 Å². The van der Waals surface area contributed by atoms with Crippen molar-refractivity contribution in [2.45, 2.75) is 34.1 Å². The van der Waals surface area contributed by atoms with Crippen molar-refractivity contribution in [1.82, 2.24) is 4.90 Å². The number of nitrogens with one attached hydrogen (secondary N) is 1. The highest BCUT2D eigenvalue weighted by atomic mass is 15.1. The van der Waals surface area contributed by atoms with E-state index in [0.29, 0.717) is 0 Å². The van der Waals surface area contributed by atoms with Crippen LogP contribution in [0.2, 0.25) is 0 Å². The van der Waals surface area contributed by atoms with E-state index in [2.05, 4.69) is 63.2 Å². The van der Waals surface area contributed by atoms with Gasteiger partial charge in [-0.1, -0.05) is 26.8 Å². The average Bonchev–Trinajstić information content (AvgIpc) is 2.27. The molecule has 0 atom stereocenters. The van der Waals surface area contributed by atoms with Crippen molar-refractivity contribution in [3.63, 3.8) is 0 Å². The van der Waals surface area contributed by atoms with Gasteiger partial charge in [0.15, 0.2) is 0 Å². The van der Waals surface area contributed by atoms with E-state index in [1.807, 2.05) is 0 Å². The fourth-order valence-corrected chi connectivity index (χ4v) is 2.27. The number of rotatable bonds is 7. The highest BCUT2D eigenvalue weighted by Gasteiger charge is 2.02. The lowest BCUT2D eigenvalue weighted by Gasteiger charge is -2.19. The molecule has 0 aromatic heterocycles. The summed E-state index contributed by atoms with van der Waals surface area (Å²) in [7, 11) is 2.19. The Kier molecular flexibility index (Phi) is 6.20. The molecule has 0 radical (unpaired) electrons. The molecule has 0 bridgehead atoms. The molecule has 0 fully saturated rings. The molecular formula is C16H28N2. The van der Waals surface area contributed by atoms with Crippen LogP contribution in [0.1, 0.15) is 31.9 Å². The summed E-state index contributed by atoms with van der Waals surface area (Å²) < 4.78 is 0. The average molecular weight is 248 g/mol. The van der Waals surface area contributed by atoms with E-state index in [4.69, 9.17) is 0 Å². The molecule has 2 nitrogen and oxygen atoms in total. The van der Waals surface area contributed by atoms with Crippen molar-refractivity contribution < 1.29 is 0 Å². The second kappa shape index (κ2) is 7.42. The van der Waals surface area contributed by atoms with Gasteiger partial charge in [-0.3, -0.25) is 0 Å². The van der Waals surface area contributed by atoms with E-state index in [1.165, 1.54) is 16.8 Å². The normalized spacial score (nSPS) is 11.3. The van der Waals surface area contributed by atoms with Gasteiger partial charge in [0.1, 0.15) is 0 Å². The van der Waals surface area contributed by atoms with Crippen LogP contribution in [0.3, 0.4) is 0 Å². The van der Waals surface area contributed by atoms with Crippen molar-refractivity contribution in [3.05, 3.63) is 29.3 Å². The first-order chi connectivity index (χ1) is 8.51. The van der Waals surface area contributed by atoms with Crippen LogP contribution in [0.25, 0.3) is 0 Å². The molecule has 1 aromatic carbocycles. The molecule has 0 saturated carbocycles. The van der Waals surface area contributed by atoms with E-state index in [9.17, 15) is 0 Å². The zero-order chi connectivity index (χ0) is 13.5. The maximum atomic E-state index is 3.52. The van der Waals surface area contributed by atoms with Crippen LogP contribution in [0.5, 0.6) is 0 Å². The molecule has 1 rings (SSSR count). The van der Waals surface area contributed by atoms with E-state index in [0.717, 1.165) is 32.0 Å². The standard InChI is InChI=1S/C16H28N2/c1-6-15-9-14(4)10-16(11-15)17-7-8-18(5)12-13(2)3/h9-11,13,17H,6-8,12H2,1-5H3. The number of anilines is 1. The fraction of sp³-hybridized carbons (Fsp3) is 0.625. The van der Waals surface area contributed by atoms with Crippen LogP contribution in [0.15, 0.2) is 18.2 Å². The third-order valence-corrected chi connectivity index (χ3v) is 3.04. The monoisotopic (exact) mass is 248 g/mol. The van der Waals surface area contributed by atoms with Gasteiger partial charge in [0.25, 0.3) is 0 Å². The first-order valence-electron chi connectivity index (χ1n) is 7.04. The van der Waals surface area contributed by atoms with Crippen LogP contribution in [0, 0.1) is 12.8 Å². The Balaban J connectivity index is 2.41. The Morgan fingerprint density at radius 2 is 1.94 bits per heavy atom. The van der Waals surface area contributed by atoms with Gasteiger partial charge in [-0.25, -0.2) is 0 Å². The summed E-state index contributed by atoms with van der Waals surface area (Å²) in [5, 5.41) is 3.52. The topological polar surface area (TPSA) is 15.3 Å². The van der Waals surface area contributed by atoms with Crippen LogP contribution in [0.4, 0.5) is 5.69 Å². The van der Waals surface area contributed by atoms with Gasteiger partial charge >= 0.3 is 0 Å². The molecule has 1 N–H and O–H groups in total. The predicted molar refractivity (Wildman–Crippen MR) is 81.4 cm³/mol. The van der Waals surface area contributed by atoms with Crippen LogP contribution < -0.4 is 5.32 Å². The van der Waals surface area contributed by atoms with Crippen molar-refractivity contribution in [1.29, 1.82) is 0 Å². The summed E-state index contributed by atoms with van der Waals surface area (Å²) in [5.41, 5.74) is 4.00. The first kappa shape index (κ1) is 15.0. The number of hydrogen-bond donors (Lipinski definition) is 1. The summed E-state index contributed by atoms with van der Waals surface area (Å²) in [4.78, 5) is 2.38. The summed E-state index contributed by atoms with van der Waals surface area (Å²) in [6, 6.07) is 6.74. The summed E-state index contributed by atoms with van der Waals surface area (Å²) in [6.07, 6.45) is 1.10. The number of hydrogen-bond acceptors (Lipinski definition) is 2. The van der Waals surface area contributed by atoms with Gasteiger partial charge < -0.3 is 10.2 Å². The van der Waals surface area contributed by atoms with Gasteiger partial charge in [-0.2, -0.15) is 0 Å². The van der Waals surface area contributed by atoms with Gasteiger partial charge in [-0.15, -0.1) is 0 Å². The second-order valence-electron chi connectivity index (χ2n) is 5.64. The van der Waals surface area contributed by atoms with E-state index in [1.54, 1.807) is 0 Å². The number of nitrogens with zero attached hydrogens (tertiary/aromatic N) is 1. The van der Waals surface area contributed by atoms with Crippen molar-refractivity contribution in [2.24, 2.45) is 5.92 Å². The Morgan fingerprint density at radius 1 is 1.22 bits per heavy atom. The molecule has 2 heteroatoms. The number of aryl methyl sites for hydroxylation is 2. The zero-order valence-electron chi connectivity index (χ0n) is 12.6. The summed E-state index contributed by atoms with van der Waals surface area (Å²) >= 11 is 0. The van der Waals surface area contributed by atoms with Crippen molar-refractivity contribution >= 4 is 5.69 Å². The van der Waals surface area contributed by atoms with Gasteiger partial charge in [0.05, 0.1) is 0 Å². The predicted octanol–water partition coefficient (Wildman–Crippen LogP) is 3.56. The van der Waals surface area contributed by atoms with Gasteiger partial charge in [-0.05, 0) is 49.6 Å². The Morgan fingerprint density at radius 3 is 2.56 bits per heavy atom. The molecule has 0 unspecified atom stereocenters. The maximum Gasteiger partial charge on any atom is 0.0346 e. The van der Waals surface area contributed by atoms with E-state index in [-0.39, 0.29) is 0 Å². The number of benzene rings is 1. The molecule has 0 heterocycles. The highest BCUT2D eigenvalue weighted by Crippen LogP contribution is 2.14. The lowest BCUT2D eigenvalue weighted by molar-refractivity contribution is 0.306. The fourth-order valence-electron chi connectivity index (χ4n) is 2.27. The molecule has 102 valence electrons. The smallest absolute Gasteiger partial charge is 0.0346 e. The van der Waals surface area contributed by atoms with Gasteiger partial charge in [0.2, 0.25) is 0 Å². The van der Waals surface area contributed by atoms with Crippen LogP contribution in [-0.4, -0.2) is 31.6 Å². The molecule has 0 aliphatic carbocycles. The summed E-state index contributed by atoms with van der Waals surface area (Å²) in [6.45, 7) is 12.2. The third kappa shape index (κ3) is 5.54. The quantitative estimate of drug-likeness (QED) is 0.794. The molecule has 0 amide bonds. The largest absolute Gasteiger partial charge is 0.384 e. The Hall–Kier alpha value is -1.02. The van der Waals surface area contributed by atoms with Crippen molar-refractivity contribution in [3.8, 4) is 0 Å². The van der Waals surface area contributed by atoms with Crippen LogP contribution >= 0.6 is 0 Å². The van der Waals surface area contributed by atoms with Crippen molar-refractivity contribution in [2.75, 3.05) is 32.0 Å². The Labute approximate surface area is 112 Å². The van der Waals surface area contributed by atoms with E-state index >= 15 is 0 Å². The molecule has 0 spiro atoms. The van der Waals surface area contributed by atoms with E-state index < -0.39 is 0 Å². The third-order valence-electron chi connectivity index (χ3n) is 3.04. The molecule has 18 heavy (non-hydrogen) atoms. The number of likely N-dealkylation sites (N-methyl/N-ethyl adjacent to an activating group) is 1. The SMILES string of the molecule is CCc1cc(C)cc(NCCN(C)CC(C)C)c1.